The van der Waals surface area contributed by atoms with Gasteiger partial charge >= 0.3 is 0 Å². The molecule has 0 amide bonds. The van der Waals surface area contributed by atoms with Crippen LogP contribution in [0.15, 0.2) is 18.2 Å². The zero-order valence-electron chi connectivity index (χ0n) is 9.90. The van der Waals surface area contributed by atoms with Gasteiger partial charge < -0.3 is 9.47 Å². The molecule has 2 heterocycles. The summed E-state index contributed by atoms with van der Waals surface area (Å²) in [5, 5.41) is 6.97. The second kappa shape index (κ2) is 4.18. The van der Waals surface area contributed by atoms with Crippen LogP contribution in [0.3, 0.4) is 0 Å². The Kier molecular flexibility index (Phi) is 2.51. The predicted molar refractivity (Wildman–Crippen MR) is 65.1 cm³/mol. The monoisotopic (exact) mass is 244 g/mol. The van der Waals surface area contributed by atoms with Crippen molar-refractivity contribution in [1.29, 1.82) is 0 Å². The number of aromatic nitrogens is 2. The Morgan fingerprint density at radius 1 is 1.28 bits per heavy atom. The van der Waals surface area contributed by atoms with Gasteiger partial charge in [-0.05, 0) is 25.1 Å². The molecule has 0 saturated heterocycles. The minimum Gasteiger partial charge on any atom is -0.486 e. The van der Waals surface area contributed by atoms with E-state index in [4.69, 9.17) is 9.47 Å². The molecule has 1 aliphatic heterocycles. The summed E-state index contributed by atoms with van der Waals surface area (Å²) in [5.74, 6) is 1.42. The van der Waals surface area contributed by atoms with Gasteiger partial charge in [0.05, 0.1) is 5.56 Å². The van der Waals surface area contributed by atoms with Crippen LogP contribution >= 0.6 is 0 Å². The van der Waals surface area contributed by atoms with Crippen LogP contribution in [-0.4, -0.2) is 29.7 Å². The van der Waals surface area contributed by atoms with E-state index in [0.717, 1.165) is 23.3 Å². The van der Waals surface area contributed by atoms with E-state index >= 15 is 0 Å². The third kappa shape index (κ3) is 1.64. The standard InChI is InChI=1S/C13H12N2O3/c1-8-10(7-16)13(15-14-8)9-2-3-11-12(6-9)18-5-4-17-11/h2-3,6-7H,4-5H2,1H3,(H,14,15). The number of hydrogen-bond acceptors (Lipinski definition) is 4. The highest BCUT2D eigenvalue weighted by molar-refractivity contribution is 5.87. The summed E-state index contributed by atoms with van der Waals surface area (Å²) in [6, 6.07) is 5.55. The van der Waals surface area contributed by atoms with Gasteiger partial charge in [0.25, 0.3) is 0 Å². The average molecular weight is 244 g/mol. The highest BCUT2D eigenvalue weighted by Crippen LogP contribution is 2.34. The van der Waals surface area contributed by atoms with E-state index in [1.165, 1.54) is 0 Å². The SMILES string of the molecule is Cc1[nH]nc(-c2ccc3c(c2)OCCO3)c1C=O. The molecule has 5 heteroatoms. The fraction of sp³-hybridized carbons (Fsp3) is 0.231. The molecule has 0 radical (unpaired) electrons. The van der Waals surface area contributed by atoms with E-state index < -0.39 is 0 Å². The van der Waals surface area contributed by atoms with Gasteiger partial charge in [0.1, 0.15) is 18.9 Å². The van der Waals surface area contributed by atoms with Crippen molar-refractivity contribution in [3.63, 3.8) is 0 Å². The van der Waals surface area contributed by atoms with Crippen LogP contribution in [0.4, 0.5) is 0 Å². The summed E-state index contributed by atoms with van der Waals surface area (Å²) in [5.41, 5.74) is 2.81. The molecule has 1 N–H and O–H groups in total. The smallest absolute Gasteiger partial charge is 0.162 e. The van der Waals surface area contributed by atoms with E-state index in [2.05, 4.69) is 10.2 Å². The Morgan fingerprint density at radius 2 is 2.06 bits per heavy atom. The van der Waals surface area contributed by atoms with Crippen molar-refractivity contribution in [3.8, 4) is 22.8 Å². The number of aromatic amines is 1. The van der Waals surface area contributed by atoms with Gasteiger partial charge in [0.2, 0.25) is 0 Å². The molecule has 0 aliphatic carbocycles. The predicted octanol–water partition coefficient (Wildman–Crippen LogP) is 1.97. The fourth-order valence-electron chi connectivity index (χ4n) is 1.99. The number of rotatable bonds is 2. The van der Waals surface area contributed by atoms with E-state index in [9.17, 15) is 4.79 Å². The lowest BCUT2D eigenvalue weighted by Crippen LogP contribution is -2.15. The van der Waals surface area contributed by atoms with Crippen LogP contribution in [0.5, 0.6) is 11.5 Å². The topological polar surface area (TPSA) is 64.2 Å². The van der Waals surface area contributed by atoms with E-state index in [-0.39, 0.29) is 0 Å². The first-order valence-electron chi connectivity index (χ1n) is 5.70. The van der Waals surface area contributed by atoms with Gasteiger partial charge in [-0.25, -0.2) is 0 Å². The summed E-state index contributed by atoms with van der Waals surface area (Å²) in [6.07, 6.45) is 0.810. The number of nitrogens with zero attached hydrogens (tertiary/aromatic N) is 1. The van der Waals surface area contributed by atoms with Gasteiger partial charge in [-0.3, -0.25) is 9.89 Å². The van der Waals surface area contributed by atoms with Gasteiger partial charge in [-0.15, -0.1) is 0 Å². The third-order valence-electron chi connectivity index (χ3n) is 2.93. The molecule has 92 valence electrons. The Labute approximate surface area is 104 Å². The second-order valence-corrected chi connectivity index (χ2v) is 4.09. The number of ether oxygens (including phenoxy) is 2. The number of benzene rings is 1. The van der Waals surface area contributed by atoms with E-state index in [0.29, 0.717) is 30.2 Å². The van der Waals surface area contributed by atoms with Crippen molar-refractivity contribution in [1.82, 2.24) is 10.2 Å². The molecule has 1 aromatic carbocycles. The molecule has 0 spiro atoms. The second-order valence-electron chi connectivity index (χ2n) is 4.09. The van der Waals surface area contributed by atoms with Crippen LogP contribution in [0.1, 0.15) is 16.1 Å². The number of aldehydes is 1. The molecule has 0 fully saturated rings. The van der Waals surface area contributed by atoms with Crippen molar-refractivity contribution >= 4 is 6.29 Å². The van der Waals surface area contributed by atoms with Crippen molar-refractivity contribution in [2.24, 2.45) is 0 Å². The summed E-state index contributed by atoms with van der Waals surface area (Å²) >= 11 is 0. The molecule has 18 heavy (non-hydrogen) atoms. The number of fused-ring (bicyclic) bond motifs is 1. The number of carbonyl (C=O) groups excluding carboxylic acids is 1. The van der Waals surface area contributed by atoms with Crippen LogP contribution in [0, 0.1) is 6.92 Å². The zero-order valence-corrected chi connectivity index (χ0v) is 9.90. The van der Waals surface area contributed by atoms with Crippen LogP contribution < -0.4 is 9.47 Å². The molecule has 3 rings (SSSR count). The Bertz CT molecular complexity index is 604. The van der Waals surface area contributed by atoms with Gasteiger partial charge in [-0.1, -0.05) is 0 Å². The van der Waals surface area contributed by atoms with Crippen LogP contribution in [0.25, 0.3) is 11.3 Å². The Morgan fingerprint density at radius 3 is 2.83 bits per heavy atom. The highest BCUT2D eigenvalue weighted by Gasteiger charge is 2.16. The molecule has 2 aromatic rings. The number of nitrogens with one attached hydrogen (secondary N) is 1. The largest absolute Gasteiger partial charge is 0.486 e. The Balaban J connectivity index is 2.09. The molecular weight excluding hydrogens is 232 g/mol. The number of H-pyrrole nitrogens is 1. The van der Waals surface area contributed by atoms with Crippen LogP contribution in [-0.2, 0) is 0 Å². The third-order valence-corrected chi connectivity index (χ3v) is 2.93. The summed E-state index contributed by atoms with van der Waals surface area (Å²) in [4.78, 5) is 11.1. The summed E-state index contributed by atoms with van der Waals surface area (Å²) in [7, 11) is 0. The first kappa shape index (κ1) is 10.8. The minimum absolute atomic E-state index is 0.538. The molecule has 0 unspecified atom stereocenters. The van der Waals surface area contributed by atoms with Gasteiger partial charge in [0.15, 0.2) is 17.8 Å². The number of hydrogen-bond donors (Lipinski definition) is 1. The maximum Gasteiger partial charge on any atom is 0.162 e. The number of aryl methyl sites for hydroxylation is 1. The lowest BCUT2D eigenvalue weighted by atomic mass is 10.1. The summed E-state index contributed by atoms with van der Waals surface area (Å²) < 4.78 is 11.0. The zero-order chi connectivity index (χ0) is 12.5. The minimum atomic E-state index is 0.538. The Hall–Kier alpha value is -2.30. The molecule has 1 aliphatic rings. The average Bonchev–Trinajstić information content (AvgIpc) is 2.79. The van der Waals surface area contributed by atoms with Gasteiger partial charge in [0, 0.05) is 11.3 Å². The number of carbonyl (C=O) groups is 1. The van der Waals surface area contributed by atoms with E-state index in [1.54, 1.807) is 0 Å². The van der Waals surface area contributed by atoms with Crippen molar-refractivity contribution in [2.75, 3.05) is 13.2 Å². The summed E-state index contributed by atoms with van der Waals surface area (Å²) in [6.45, 7) is 2.92. The van der Waals surface area contributed by atoms with Gasteiger partial charge in [-0.2, -0.15) is 5.10 Å². The maximum absolute atomic E-state index is 11.1. The lowest BCUT2D eigenvalue weighted by molar-refractivity contribution is 0.112. The molecule has 0 atom stereocenters. The molecule has 1 aromatic heterocycles. The molecule has 0 bridgehead atoms. The first-order valence-corrected chi connectivity index (χ1v) is 5.70. The highest BCUT2D eigenvalue weighted by atomic mass is 16.6. The fourth-order valence-corrected chi connectivity index (χ4v) is 1.99. The lowest BCUT2D eigenvalue weighted by Gasteiger charge is -2.18. The van der Waals surface area contributed by atoms with Crippen molar-refractivity contribution < 1.29 is 14.3 Å². The van der Waals surface area contributed by atoms with Crippen molar-refractivity contribution in [2.45, 2.75) is 6.92 Å². The molecule has 5 nitrogen and oxygen atoms in total. The maximum atomic E-state index is 11.1. The molecule has 0 saturated carbocycles. The quantitative estimate of drug-likeness (QED) is 0.820. The van der Waals surface area contributed by atoms with Crippen LogP contribution in [0.2, 0.25) is 0 Å². The normalized spacial score (nSPS) is 13.4. The van der Waals surface area contributed by atoms with Crippen molar-refractivity contribution in [3.05, 3.63) is 29.5 Å². The first-order chi connectivity index (χ1) is 8.79. The van der Waals surface area contributed by atoms with E-state index in [1.807, 2.05) is 25.1 Å². The molecular formula is C13H12N2O3.